The number of nitrogens with one attached hydrogen (secondary N) is 1. The highest BCUT2D eigenvalue weighted by Crippen LogP contribution is 2.39. The Kier molecular flexibility index (Phi) is 4.46. The average Bonchev–Trinajstić information content (AvgIpc) is 3.32. The fourth-order valence-electron chi connectivity index (χ4n) is 2.75. The number of anilines is 2. The highest BCUT2D eigenvalue weighted by Gasteiger charge is 2.30. The molecule has 0 amide bonds. The molecule has 0 spiro atoms. The predicted molar refractivity (Wildman–Crippen MR) is 94.5 cm³/mol. The van der Waals surface area contributed by atoms with Crippen molar-refractivity contribution in [2.24, 2.45) is 5.92 Å². The van der Waals surface area contributed by atoms with Crippen molar-refractivity contribution in [2.75, 3.05) is 11.1 Å². The number of aromatic nitrogens is 1. The van der Waals surface area contributed by atoms with Crippen molar-refractivity contribution in [3.8, 4) is 11.3 Å². The first-order valence-electron chi connectivity index (χ1n) is 7.56. The fourth-order valence-corrected chi connectivity index (χ4v) is 3.24. The van der Waals surface area contributed by atoms with E-state index < -0.39 is 0 Å². The van der Waals surface area contributed by atoms with E-state index in [-0.39, 0.29) is 0 Å². The maximum absolute atomic E-state index is 6.33. The lowest BCUT2D eigenvalue weighted by Gasteiger charge is -2.20. The molecule has 0 unspecified atom stereocenters. The molecular weight excluding hydrogens is 317 g/mol. The van der Waals surface area contributed by atoms with E-state index in [0.29, 0.717) is 27.5 Å². The molecule has 1 aliphatic rings. The van der Waals surface area contributed by atoms with Crippen molar-refractivity contribution in [3.63, 3.8) is 0 Å². The third-order valence-electron chi connectivity index (χ3n) is 4.15. The van der Waals surface area contributed by atoms with E-state index in [1.165, 1.54) is 12.8 Å². The molecule has 22 heavy (non-hydrogen) atoms. The van der Waals surface area contributed by atoms with Crippen molar-refractivity contribution in [1.82, 2.24) is 4.98 Å². The minimum Gasteiger partial charge on any atom is -0.395 e. The van der Waals surface area contributed by atoms with Crippen molar-refractivity contribution < 1.29 is 0 Å². The van der Waals surface area contributed by atoms with E-state index in [4.69, 9.17) is 28.9 Å². The summed E-state index contributed by atoms with van der Waals surface area (Å²) in [5, 5.41) is 4.72. The predicted octanol–water partition coefficient (Wildman–Crippen LogP) is 5.24. The van der Waals surface area contributed by atoms with E-state index in [2.05, 4.69) is 17.2 Å². The second-order valence-corrected chi connectivity index (χ2v) is 6.59. The van der Waals surface area contributed by atoms with Gasteiger partial charge in [-0.2, -0.15) is 0 Å². The monoisotopic (exact) mass is 335 g/mol. The van der Waals surface area contributed by atoms with Gasteiger partial charge >= 0.3 is 0 Å². The molecule has 3 N–H and O–H groups in total. The number of hydrogen-bond acceptors (Lipinski definition) is 3. The molecule has 3 nitrogen and oxygen atoms in total. The Bertz CT molecular complexity index is 684. The molecule has 0 radical (unpaired) electrons. The number of halogens is 2. The average molecular weight is 336 g/mol. The van der Waals surface area contributed by atoms with Crippen molar-refractivity contribution >= 4 is 34.6 Å². The van der Waals surface area contributed by atoms with Crippen LogP contribution in [0.4, 0.5) is 11.4 Å². The number of hydrogen-bond donors (Lipinski definition) is 2. The van der Waals surface area contributed by atoms with Gasteiger partial charge in [-0.1, -0.05) is 30.1 Å². The molecule has 1 aromatic heterocycles. The summed E-state index contributed by atoms with van der Waals surface area (Å²) in [6.07, 6.45) is 5.45. The largest absolute Gasteiger partial charge is 0.395 e. The maximum atomic E-state index is 6.33. The van der Waals surface area contributed by atoms with Crippen LogP contribution >= 0.6 is 23.2 Å². The molecule has 3 rings (SSSR count). The number of nitrogens with zero attached hydrogens (tertiary/aromatic N) is 1. The zero-order chi connectivity index (χ0) is 15.7. The lowest BCUT2D eigenvalue weighted by atomic mass is 10.1. The molecule has 0 aliphatic heterocycles. The van der Waals surface area contributed by atoms with E-state index in [1.54, 1.807) is 18.3 Å². The summed E-state index contributed by atoms with van der Waals surface area (Å²) in [5.74, 6) is 0.764. The normalized spacial score (nSPS) is 15.6. The Balaban J connectivity index is 1.94. The molecule has 1 aliphatic carbocycles. The van der Waals surface area contributed by atoms with Crippen molar-refractivity contribution in [3.05, 3.63) is 40.5 Å². The van der Waals surface area contributed by atoms with Crippen LogP contribution in [0.2, 0.25) is 10.0 Å². The molecule has 5 heteroatoms. The first kappa shape index (κ1) is 15.4. The van der Waals surface area contributed by atoms with Crippen LogP contribution in [0.5, 0.6) is 0 Å². The lowest BCUT2D eigenvalue weighted by molar-refractivity contribution is 0.617. The number of nitrogen functional groups attached to an aromatic ring is 1. The lowest BCUT2D eigenvalue weighted by Crippen LogP contribution is -2.21. The first-order chi connectivity index (χ1) is 10.6. The van der Waals surface area contributed by atoms with Gasteiger partial charge in [0.15, 0.2) is 0 Å². The third kappa shape index (κ3) is 3.16. The summed E-state index contributed by atoms with van der Waals surface area (Å²) in [4.78, 5) is 4.40. The Morgan fingerprint density at radius 1 is 1.32 bits per heavy atom. The third-order valence-corrected chi connectivity index (χ3v) is 4.70. The number of nitrogens with two attached hydrogens (primary N) is 1. The second-order valence-electron chi connectivity index (χ2n) is 5.74. The van der Waals surface area contributed by atoms with Crippen LogP contribution in [0.1, 0.15) is 26.2 Å². The standard InChI is InChI=1S/C17H19Cl2N3/c1-2-14(10-3-4-10)22-15-7-8-21-17(16(15)20)12-6-5-11(18)9-13(12)19/h5-10,14H,2-4,20H2,1H3,(H,21,22)/t14-/m0/s1. The topological polar surface area (TPSA) is 50.9 Å². The zero-order valence-corrected chi connectivity index (χ0v) is 14.0. The molecule has 0 saturated heterocycles. The van der Waals surface area contributed by atoms with Crippen LogP contribution in [0.25, 0.3) is 11.3 Å². The highest BCUT2D eigenvalue weighted by atomic mass is 35.5. The Morgan fingerprint density at radius 3 is 2.73 bits per heavy atom. The van der Waals surface area contributed by atoms with Crippen LogP contribution in [0.3, 0.4) is 0 Å². The van der Waals surface area contributed by atoms with Gasteiger partial charge in [0.25, 0.3) is 0 Å². The van der Waals surface area contributed by atoms with Crippen LogP contribution in [0, 0.1) is 5.92 Å². The summed E-state index contributed by atoms with van der Waals surface area (Å²) in [5.41, 5.74) is 9.38. The fraction of sp³-hybridized carbons (Fsp3) is 0.353. The number of rotatable bonds is 5. The van der Waals surface area contributed by atoms with Crippen LogP contribution < -0.4 is 11.1 Å². The Hall–Kier alpha value is -1.45. The molecule has 1 aromatic carbocycles. The van der Waals surface area contributed by atoms with E-state index >= 15 is 0 Å². The molecule has 1 atom stereocenters. The SMILES string of the molecule is CC[C@H](Nc1ccnc(-c2ccc(Cl)cc2Cl)c1N)C1CC1. The van der Waals surface area contributed by atoms with Gasteiger partial charge < -0.3 is 11.1 Å². The van der Waals surface area contributed by atoms with Crippen molar-refractivity contribution in [1.29, 1.82) is 0 Å². The molecule has 1 fully saturated rings. The minimum atomic E-state index is 0.471. The summed E-state index contributed by atoms with van der Waals surface area (Å²) in [6.45, 7) is 2.20. The van der Waals surface area contributed by atoms with Gasteiger partial charge in [-0.3, -0.25) is 4.98 Å². The molecule has 116 valence electrons. The summed E-state index contributed by atoms with van der Waals surface area (Å²) < 4.78 is 0. The Labute approximate surface area is 140 Å². The van der Waals surface area contributed by atoms with Gasteiger partial charge in [0, 0.05) is 22.8 Å². The van der Waals surface area contributed by atoms with E-state index in [0.717, 1.165) is 23.6 Å². The first-order valence-corrected chi connectivity index (χ1v) is 8.32. The van der Waals surface area contributed by atoms with E-state index in [1.807, 2.05) is 12.1 Å². The van der Waals surface area contributed by atoms with E-state index in [9.17, 15) is 0 Å². The quantitative estimate of drug-likeness (QED) is 0.785. The molecule has 0 bridgehead atoms. The van der Waals surface area contributed by atoms with Gasteiger partial charge in [0.1, 0.15) is 0 Å². The molecule has 2 aromatic rings. The maximum Gasteiger partial charge on any atom is 0.0967 e. The summed E-state index contributed by atoms with van der Waals surface area (Å²) in [6, 6.07) is 7.75. The molecule has 1 saturated carbocycles. The minimum absolute atomic E-state index is 0.471. The number of benzene rings is 1. The summed E-state index contributed by atoms with van der Waals surface area (Å²) >= 11 is 12.2. The van der Waals surface area contributed by atoms with Crippen LogP contribution in [-0.4, -0.2) is 11.0 Å². The molecule has 1 heterocycles. The van der Waals surface area contributed by atoms with Crippen LogP contribution in [0.15, 0.2) is 30.5 Å². The van der Waals surface area contributed by atoms with Crippen molar-refractivity contribution in [2.45, 2.75) is 32.2 Å². The van der Waals surface area contributed by atoms with Gasteiger partial charge in [0.05, 0.1) is 22.1 Å². The molecular formula is C17H19Cl2N3. The zero-order valence-electron chi connectivity index (χ0n) is 12.4. The second kappa shape index (κ2) is 6.35. The highest BCUT2D eigenvalue weighted by molar-refractivity contribution is 6.36. The van der Waals surface area contributed by atoms with Gasteiger partial charge in [-0.15, -0.1) is 0 Å². The Morgan fingerprint density at radius 2 is 2.09 bits per heavy atom. The smallest absolute Gasteiger partial charge is 0.0967 e. The van der Waals surface area contributed by atoms with Gasteiger partial charge in [0.2, 0.25) is 0 Å². The summed E-state index contributed by atoms with van der Waals surface area (Å²) in [7, 11) is 0. The van der Waals surface area contributed by atoms with Gasteiger partial charge in [-0.25, -0.2) is 0 Å². The number of pyridine rings is 1. The van der Waals surface area contributed by atoms with Gasteiger partial charge in [-0.05, 0) is 49.4 Å². The van der Waals surface area contributed by atoms with Crippen LogP contribution in [-0.2, 0) is 0 Å².